The van der Waals surface area contributed by atoms with Crippen LogP contribution in [0, 0.1) is 11.3 Å². The fourth-order valence-electron chi connectivity index (χ4n) is 2.69. The highest BCUT2D eigenvalue weighted by atomic mass is 16.4. The molecule has 1 rings (SSSR count). The molecule has 0 aromatic carbocycles. The number of aliphatic hydroxyl groups is 1. The highest BCUT2D eigenvalue weighted by molar-refractivity contribution is 5.67. The van der Waals surface area contributed by atoms with Crippen molar-refractivity contribution in [1.29, 1.82) is 0 Å². The molecule has 1 aliphatic rings. The molecule has 0 saturated heterocycles. The first-order valence-electron chi connectivity index (χ1n) is 6.52. The van der Waals surface area contributed by atoms with Crippen molar-refractivity contribution in [3.8, 4) is 0 Å². The van der Waals surface area contributed by atoms with Gasteiger partial charge in [0.15, 0.2) is 0 Å². The summed E-state index contributed by atoms with van der Waals surface area (Å²) in [5, 5.41) is 21.2. The van der Waals surface area contributed by atoms with Crippen LogP contribution >= 0.6 is 0 Å². The number of rotatable bonds is 7. The van der Waals surface area contributed by atoms with E-state index < -0.39 is 12.1 Å². The minimum atomic E-state index is -0.950. The first-order chi connectivity index (χ1) is 7.92. The summed E-state index contributed by atoms with van der Waals surface area (Å²) in [5.41, 5.74) is 0.236. The van der Waals surface area contributed by atoms with E-state index in [0.717, 1.165) is 12.5 Å². The van der Waals surface area contributed by atoms with Crippen LogP contribution in [0.15, 0.2) is 0 Å². The Bertz CT molecular complexity index is 247. The van der Waals surface area contributed by atoms with Crippen molar-refractivity contribution in [3.63, 3.8) is 0 Å². The smallest absolute Gasteiger partial charge is 0.306 e. The van der Waals surface area contributed by atoms with Crippen LogP contribution in [-0.4, -0.2) is 35.4 Å². The highest BCUT2D eigenvalue weighted by Crippen LogP contribution is 2.38. The fraction of sp³-hybridized carbons (Fsp3) is 0.923. The van der Waals surface area contributed by atoms with Gasteiger partial charge in [0.25, 0.3) is 0 Å². The molecule has 0 aliphatic heterocycles. The van der Waals surface area contributed by atoms with Gasteiger partial charge >= 0.3 is 5.97 Å². The van der Waals surface area contributed by atoms with Gasteiger partial charge in [0.05, 0.1) is 12.5 Å². The number of carboxylic acids is 1. The molecule has 0 aromatic heterocycles. The van der Waals surface area contributed by atoms with Gasteiger partial charge < -0.3 is 15.5 Å². The minimum Gasteiger partial charge on any atom is -0.481 e. The number of aliphatic hydroxyl groups excluding tert-OH is 1. The lowest BCUT2D eigenvalue weighted by atomic mass is 9.77. The van der Waals surface area contributed by atoms with Crippen LogP contribution in [0.25, 0.3) is 0 Å². The molecule has 4 heteroatoms. The Kier molecular flexibility index (Phi) is 5.40. The Labute approximate surface area is 103 Å². The molecule has 0 spiro atoms. The van der Waals surface area contributed by atoms with E-state index in [9.17, 15) is 9.90 Å². The number of hydrogen-bond donors (Lipinski definition) is 3. The number of nitrogens with one attached hydrogen (secondary N) is 1. The zero-order chi connectivity index (χ0) is 12.9. The summed E-state index contributed by atoms with van der Waals surface area (Å²) < 4.78 is 0. The van der Waals surface area contributed by atoms with E-state index in [4.69, 9.17) is 5.11 Å². The Hall–Kier alpha value is -0.610. The third-order valence-electron chi connectivity index (χ3n) is 3.83. The molecule has 1 unspecified atom stereocenters. The first kappa shape index (κ1) is 14.5. The van der Waals surface area contributed by atoms with Gasteiger partial charge in [-0.3, -0.25) is 4.79 Å². The van der Waals surface area contributed by atoms with E-state index in [-0.39, 0.29) is 11.8 Å². The maximum absolute atomic E-state index is 10.4. The third kappa shape index (κ3) is 5.04. The van der Waals surface area contributed by atoms with Gasteiger partial charge in [0.2, 0.25) is 0 Å². The Balaban J connectivity index is 2.22. The van der Waals surface area contributed by atoms with Gasteiger partial charge in [-0.2, -0.15) is 0 Å². The summed E-state index contributed by atoms with van der Waals surface area (Å²) >= 11 is 0. The van der Waals surface area contributed by atoms with Crippen LogP contribution in [0.2, 0.25) is 0 Å². The number of aliphatic carboxylic acids is 1. The van der Waals surface area contributed by atoms with Gasteiger partial charge in [0, 0.05) is 13.1 Å². The van der Waals surface area contributed by atoms with Crippen LogP contribution in [0.5, 0.6) is 0 Å². The van der Waals surface area contributed by atoms with Crippen LogP contribution in [0.3, 0.4) is 0 Å². The molecule has 1 aliphatic carbocycles. The molecule has 1 fully saturated rings. The molecule has 3 N–H and O–H groups in total. The summed E-state index contributed by atoms with van der Waals surface area (Å²) in [7, 11) is 0. The van der Waals surface area contributed by atoms with Crippen LogP contribution in [0.4, 0.5) is 0 Å². The zero-order valence-corrected chi connectivity index (χ0v) is 10.9. The lowest BCUT2D eigenvalue weighted by Crippen LogP contribution is -2.38. The Morgan fingerprint density at radius 3 is 2.53 bits per heavy atom. The van der Waals surface area contributed by atoms with E-state index in [1.54, 1.807) is 0 Å². The number of hydrogen-bond acceptors (Lipinski definition) is 3. The van der Waals surface area contributed by atoms with E-state index in [1.165, 1.54) is 25.7 Å². The largest absolute Gasteiger partial charge is 0.481 e. The van der Waals surface area contributed by atoms with Crippen molar-refractivity contribution in [2.75, 3.05) is 13.1 Å². The van der Waals surface area contributed by atoms with Gasteiger partial charge in [-0.1, -0.05) is 26.7 Å². The normalized spacial score (nSPS) is 19.5. The molecule has 0 amide bonds. The van der Waals surface area contributed by atoms with Crippen molar-refractivity contribution in [3.05, 3.63) is 0 Å². The molecule has 17 heavy (non-hydrogen) atoms. The molecular formula is C13H25NO3. The maximum atomic E-state index is 10.4. The van der Waals surface area contributed by atoms with Gasteiger partial charge in [-0.25, -0.2) is 0 Å². The van der Waals surface area contributed by atoms with E-state index >= 15 is 0 Å². The number of carbonyl (C=O) groups is 1. The molecule has 4 nitrogen and oxygen atoms in total. The van der Waals surface area contributed by atoms with E-state index in [2.05, 4.69) is 19.2 Å². The third-order valence-corrected chi connectivity index (χ3v) is 3.83. The lowest BCUT2D eigenvalue weighted by molar-refractivity contribution is -0.139. The topological polar surface area (TPSA) is 69.6 Å². The molecule has 0 heterocycles. The summed E-state index contributed by atoms with van der Waals surface area (Å²) in [5.74, 6) is -0.194. The van der Waals surface area contributed by atoms with Crippen molar-refractivity contribution in [2.24, 2.45) is 11.3 Å². The van der Waals surface area contributed by atoms with Crippen LogP contribution < -0.4 is 5.32 Å². The van der Waals surface area contributed by atoms with Crippen LogP contribution in [0.1, 0.15) is 46.0 Å². The van der Waals surface area contributed by atoms with E-state index in [0.29, 0.717) is 6.54 Å². The Morgan fingerprint density at radius 1 is 1.41 bits per heavy atom. The van der Waals surface area contributed by atoms with Crippen molar-refractivity contribution in [2.45, 2.75) is 52.1 Å². The van der Waals surface area contributed by atoms with Gasteiger partial charge in [-0.15, -0.1) is 0 Å². The second kappa shape index (κ2) is 6.36. The van der Waals surface area contributed by atoms with E-state index in [1.807, 2.05) is 0 Å². The molecule has 0 aromatic rings. The molecule has 0 bridgehead atoms. The molecule has 100 valence electrons. The second-order valence-electron chi connectivity index (χ2n) is 5.85. The predicted molar refractivity (Wildman–Crippen MR) is 66.9 cm³/mol. The highest BCUT2D eigenvalue weighted by Gasteiger charge is 2.31. The van der Waals surface area contributed by atoms with Crippen LogP contribution in [-0.2, 0) is 4.79 Å². The average Bonchev–Trinajstić information content (AvgIpc) is 2.68. The predicted octanol–water partition coefficient (Wildman–Crippen LogP) is 1.63. The summed E-state index contributed by atoms with van der Waals surface area (Å²) in [6.07, 6.45) is 4.29. The SMILES string of the molecule is CC(C)(CNCC(O)CC(=O)O)C1CCCC1. The number of carboxylic acid groups (broad SMARTS) is 1. The molecule has 1 atom stereocenters. The quantitative estimate of drug-likeness (QED) is 0.635. The summed E-state index contributed by atoms with van der Waals surface area (Å²) in [6.45, 7) is 5.70. The Morgan fingerprint density at radius 2 is 2.00 bits per heavy atom. The van der Waals surface area contributed by atoms with Gasteiger partial charge in [0.1, 0.15) is 0 Å². The van der Waals surface area contributed by atoms with Crippen molar-refractivity contribution < 1.29 is 15.0 Å². The maximum Gasteiger partial charge on any atom is 0.306 e. The lowest BCUT2D eigenvalue weighted by Gasteiger charge is -2.32. The van der Waals surface area contributed by atoms with Crippen molar-refractivity contribution in [1.82, 2.24) is 5.32 Å². The summed E-state index contributed by atoms with van der Waals surface area (Å²) in [6, 6.07) is 0. The minimum absolute atomic E-state index is 0.184. The first-order valence-corrected chi connectivity index (χ1v) is 6.52. The molecular weight excluding hydrogens is 218 g/mol. The second-order valence-corrected chi connectivity index (χ2v) is 5.85. The zero-order valence-electron chi connectivity index (χ0n) is 10.9. The monoisotopic (exact) mass is 243 g/mol. The van der Waals surface area contributed by atoms with Crippen molar-refractivity contribution >= 4 is 5.97 Å². The fourth-order valence-corrected chi connectivity index (χ4v) is 2.69. The summed E-state index contributed by atoms with van der Waals surface area (Å²) in [4.78, 5) is 10.4. The molecule has 0 radical (unpaired) electrons. The van der Waals surface area contributed by atoms with Gasteiger partial charge in [-0.05, 0) is 24.2 Å². The molecule has 1 saturated carbocycles. The average molecular weight is 243 g/mol. The standard InChI is InChI=1S/C13H25NO3/c1-13(2,10-5-3-4-6-10)9-14-8-11(15)7-12(16)17/h10-11,14-15H,3-9H2,1-2H3,(H,16,17).